The summed E-state index contributed by atoms with van der Waals surface area (Å²) in [6.07, 6.45) is 9.17. The molecule has 1 saturated heterocycles. The highest BCUT2D eigenvalue weighted by molar-refractivity contribution is 5.86. The minimum Gasteiger partial charge on any atom is -0.483 e. The Bertz CT molecular complexity index is 549. The molecule has 3 rings (SSSR count). The summed E-state index contributed by atoms with van der Waals surface area (Å²) in [4.78, 5) is 23.8. The fourth-order valence-electron chi connectivity index (χ4n) is 3.87. The standard InChI is InChI=1S/C16H26N4O2.CH2O2/c1-13-18-19-14(22-13)12-17-15(21)16(8-4-2-5-9-16)20-10-6-3-7-11-20;2-1-3/h2-12H2,1H3,(H,17,21);1H,(H,2,3). The highest BCUT2D eigenvalue weighted by Crippen LogP contribution is 2.35. The largest absolute Gasteiger partial charge is 0.483 e. The van der Waals surface area contributed by atoms with Crippen LogP contribution in [0.15, 0.2) is 4.42 Å². The SMILES string of the molecule is Cc1nnc(CNC(=O)C2(N3CCCCC3)CCCCC2)o1.O=CO. The van der Waals surface area contributed by atoms with Crippen molar-refractivity contribution in [3.8, 4) is 0 Å². The summed E-state index contributed by atoms with van der Waals surface area (Å²) in [6.45, 7) is 3.93. The molecule has 0 aromatic carbocycles. The van der Waals surface area contributed by atoms with Gasteiger partial charge >= 0.3 is 0 Å². The third kappa shape index (κ3) is 5.01. The predicted molar refractivity (Wildman–Crippen MR) is 90.8 cm³/mol. The number of hydrogen-bond acceptors (Lipinski definition) is 6. The van der Waals surface area contributed by atoms with Crippen molar-refractivity contribution < 1.29 is 19.1 Å². The average molecular weight is 352 g/mol. The first-order valence-corrected chi connectivity index (χ1v) is 9.02. The van der Waals surface area contributed by atoms with Gasteiger partial charge < -0.3 is 14.8 Å². The minimum absolute atomic E-state index is 0.143. The maximum atomic E-state index is 13.0. The molecule has 0 spiro atoms. The summed E-state index contributed by atoms with van der Waals surface area (Å²) in [5.41, 5.74) is -0.312. The number of likely N-dealkylation sites (tertiary alicyclic amines) is 1. The smallest absolute Gasteiger partial charge is 0.290 e. The molecule has 2 heterocycles. The molecule has 0 radical (unpaired) electrons. The number of aryl methyl sites for hydroxylation is 1. The Morgan fingerprint density at radius 1 is 1.20 bits per heavy atom. The maximum Gasteiger partial charge on any atom is 0.290 e. The first-order valence-electron chi connectivity index (χ1n) is 9.02. The van der Waals surface area contributed by atoms with Crippen molar-refractivity contribution in [2.75, 3.05) is 13.1 Å². The molecule has 1 aliphatic carbocycles. The van der Waals surface area contributed by atoms with Crippen LogP contribution in [0.2, 0.25) is 0 Å². The van der Waals surface area contributed by atoms with Crippen molar-refractivity contribution in [2.45, 2.75) is 70.4 Å². The van der Waals surface area contributed by atoms with E-state index in [1.165, 1.54) is 25.7 Å². The lowest BCUT2D eigenvalue weighted by atomic mass is 9.78. The molecule has 8 nitrogen and oxygen atoms in total. The van der Waals surface area contributed by atoms with Gasteiger partial charge in [-0.1, -0.05) is 25.7 Å². The third-order valence-electron chi connectivity index (χ3n) is 5.03. The molecule has 1 aromatic rings. The Morgan fingerprint density at radius 2 is 1.80 bits per heavy atom. The fraction of sp³-hybridized carbons (Fsp3) is 0.765. The van der Waals surface area contributed by atoms with E-state index >= 15 is 0 Å². The van der Waals surface area contributed by atoms with Gasteiger partial charge in [-0.15, -0.1) is 10.2 Å². The van der Waals surface area contributed by atoms with E-state index in [-0.39, 0.29) is 17.9 Å². The topological polar surface area (TPSA) is 109 Å². The van der Waals surface area contributed by atoms with Crippen LogP contribution in [-0.4, -0.2) is 51.2 Å². The number of piperidine rings is 1. The van der Waals surface area contributed by atoms with Crippen LogP contribution < -0.4 is 5.32 Å². The van der Waals surface area contributed by atoms with Crippen molar-refractivity contribution in [3.05, 3.63) is 11.8 Å². The number of carbonyl (C=O) groups is 2. The number of nitrogens with zero attached hydrogens (tertiary/aromatic N) is 3. The van der Waals surface area contributed by atoms with E-state index in [1.807, 2.05) is 0 Å². The van der Waals surface area contributed by atoms with Gasteiger partial charge in [-0.2, -0.15) is 0 Å². The van der Waals surface area contributed by atoms with Crippen molar-refractivity contribution in [1.82, 2.24) is 20.4 Å². The van der Waals surface area contributed by atoms with Gasteiger partial charge in [0.15, 0.2) is 0 Å². The molecule has 2 N–H and O–H groups in total. The van der Waals surface area contributed by atoms with Crippen LogP contribution in [0.4, 0.5) is 0 Å². The second kappa shape index (κ2) is 9.50. The Morgan fingerprint density at radius 3 is 2.36 bits per heavy atom. The summed E-state index contributed by atoms with van der Waals surface area (Å²) < 4.78 is 5.35. The monoisotopic (exact) mass is 352 g/mol. The quantitative estimate of drug-likeness (QED) is 0.796. The minimum atomic E-state index is -0.312. The molecular weight excluding hydrogens is 324 g/mol. The molecule has 0 atom stereocenters. The van der Waals surface area contributed by atoms with Crippen molar-refractivity contribution in [2.24, 2.45) is 0 Å². The van der Waals surface area contributed by atoms with Crippen LogP contribution in [0.5, 0.6) is 0 Å². The summed E-state index contributed by atoms with van der Waals surface area (Å²) in [5.74, 6) is 1.16. The first-order chi connectivity index (χ1) is 12.1. The van der Waals surface area contributed by atoms with Gasteiger partial charge in [-0.25, -0.2) is 0 Å². The highest BCUT2D eigenvalue weighted by atomic mass is 16.4. The summed E-state index contributed by atoms with van der Waals surface area (Å²) in [6, 6.07) is 0. The van der Waals surface area contributed by atoms with Gasteiger partial charge in [0.2, 0.25) is 17.7 Å². The second-order valence-electron chi connectivity index (χ2n) is 6.64. The van der Waals surface area contributed by atoms with Crippen LogP contribution in [0, 0.1) is 6.92 Å². The molecule has 1 aromatic heterocycles. The lowest BCUT2D eigenvalue weighted by Gasteiger charge is -2.46. The van der Waals surface area contributed by atoms with Crippen LogP contribution >= 0.6 is 0 Å². The van der Waals surface area contributed by atoms with Crippen LogP contribution in [0.3, 0.4) is 0 Å². The van der Waals surface area contributed by atoms with Crippen LogP contribution in [-0.2, 0) is 16.1 Å². The normalized spacial score (nSPS) is 20.2. The summed E-state index contributed by atoms with van der Waals surface area (Å²) in [7, 11) is 0. The van der Waals surface area contributed by atoms with Gasteiger partial charge in [0.1, 0.15) is 5.54 Å². The predicted octanol–water partition coefficient (Wildman–Crippen LogP) is 1.88. The van der Waals surface area contributed by atoms with Gasteiger partial charge in [0, 0.05) is 6.92 Å². The number of aromatic nitrogens is 2. The average Bonchev–Trinajstić information content (AvgIpc) is 3.07. The Balaban J connectivity index is 0.000000701. The van der Waals surface area contributed by atoms with E-state index in [1.54, 1.807) is 6.92 Å². The number of amides is 1. The van der Waals surface area contributed by atoms with E-state index in [0.717, 1.165) is 38.8 Å². The number of carbonyl (C=O) groups excluding carboxylic acids is 1. The van der Waals surface area contributed by atoms with Crippen molar-refractivity contribution >= 4 is 12.4 Å². The molecule has 0 bridgehead atoms. The lowest BCUT2D eigenvalue weighted by molar-refractivity contribution is -0.137. The maximum absolute atomic E-state index is 13.0. The molecular formula is C17H28N4O4. The van der Waals surface area contributed by atoms with E-state index < -0.39 is 0 Å². The molecule has 1 saturated carbocycles. The highest BCUT2D eigenvalue weighted by Gasteiger charge is 2.44. The fourth-order valence-corrected chi connectivity index (χ4v) is 3.87. The van der Waals surface area contributed by atoms with Crippen LogP contribution in [0.1, 0.15) is 63.1 Å². The zero-order valence-corrected chi connectivity index (χ0v) is 14.9. The molecule has 1 aliphatic heterocycles. The van der Waals surface area contributed by atoms with Gasteiger partial charge in [0.25, 0.3) is 6.47 Å². The molecule has 1 amide bonds. The molecule has 2 aliphatic rings. The zero-order valence-electron chi connectivity index (χ0n) is 14.9. The van der Waals surface area contributed by atoms with E-state index in [2.05, 4.69) is 20.4 Å². The van der Waals surface area contributed by atoms with Gasteiger partial charge in [-0.05, 0) is 38.8 Å². The van der Waals surface area contributed by atoms with E-state index in [0.29, 0.717) is 18.3 Å². The summed E-state index contributed by atoms with van der Waals surface area (Å²) in [5, 5.41) is 17.7. The van der Waals surface area contributed by atoms with E-state index in [4.69, 9.17) is 14.3 Å². The van der Waals surface area contributed by atoms with Gasteiger partial charge in [-0.3, -0.25) is 14.5 Å². The molecule has 8 heteroatoms. The Hall–Kier alpha value is -1.96. The first kappa shape index (κ1) is 19.4. The Kier molecular flexibility index (Phi) is 7.36. The number of rotatable bonds is 4. The number of nitrogens with one attached hydrogen (secondary N) is 1. The molecule has 0 unspecified atom stereocenters. The Labute approximate surface area is 148 Å². The molecule has 2 fully saturated rings. The molecule has 25 heavy (non-hydrogen) atoms. The number of hydrogen-bond donors (Lipinski definition) is 2. The lowest BCUT2D eigenvalue weighted by Crippen LogP contribution is -2.60. The van der Waals surface area contributed by atoms with Crippen molar-refractivity contribution in [1.29, 1.82) is 0 Å². The van der Waals surface area contributed by atoms with Crippen molar-refractivity contribution in [3.63, 3.8) is 0 Å². The van der Waals surface area contributed by atoms with Gasteiger partial charge in [0.05, 0.1) is 6.54 Å². The number of carboxylic acid groups (broad SMARTS) is 1. The summed E-state index contributed by atoms with van der Waals surface area (Å²) >= 11 is 0. The van der Waals surface area contributed by atoms with Crippen LogP contribution in [0.25, 0.3) is 0 Å². The second-order valence-corrected chi connectivity index (χ2v) is 6.64. The molecule has 140 valence electrons. The third-order valence-corrected chi connectivity index (χ3v) is 5.03. The zero-order chi connectivity index (χ0) is 18.1. The van der Waals surface area contributed by atoms with E-state index in [9.17, 15) is 4.79 Å².